The molecule has 19 heavy (non-hydrogen) atoms. The van der Waals surface area contributed by atoms with Crippen molar-refractivity contribution in [3.63, 3.8) is 0 Å². The fourth-order valence-corrected chi connectivity index (χ4v) is 2.29. The van der Waals surface area contributed by atoms with Crippen LogP contribution in [0, 0.1) is 6.92 Å². The lowest BCUT2D eigenvalue weighted by Gasteiger charge is -2.11. The molecule has 2 aromatic rings. The summed E-state index contributed by atoms with van der Waals surface area (Å²) in [6, 6.07) is 4.94. The SMILES string of the molecule is CCc1nc(Oc2c(C)cc(Br)cc2N)cc(=O)[nH]1. The van der Waals surface area contributed by atoms with E-state index >= 15 is 0 Å². The van der Waals surface area contributed by atoms with Crippen molar-refractivity contribution >= 4 is 21.6 Å². The predicted molar refractivity (Wildman–Crippen MR) is 77.6 cm³/mol. The van der Waals surface area contributed by atoms with Gasteiger partial charge in [0.25, 0.3) is 5.56 Å². The molecule has 0 saturated carbocycles. The van der Waals surface area contributed by atoms with Gasteiger partial charge in [-0.05, 0) is 24.6 Å². The van der Waals surface area contributed by atoms with E-state index < -0.39 is 0 Å². The van der Waals surface area contributed by atoms with Crippen LogP contribution in [0.5, 0.6) is 11.6 Å². The highest BCUT2D eigenvalue weighted by Crippen LogP contribution is 2.32. The Morgan fingerprint density at radius 2 is 2.16 bits per heavy atom. The Labute approximate surface area is 119 Å². The minimum atomic E-state index is -0.241. The molecule has 6 heteroatoms. The summed E-state index contributed by atoms with van der Waals surface area (Å²) in [5, 5.41) is 0. The molecular weight excluding hydrogens is 310 g/mol. The summed E-state index contributed by atoms with van der Waals surface area (Å²) in [5.74, 6) is 1.34. The van der Waals surface area contributed by atoms with Crippen molar-refractivity contribution in [3.05, 3.63) is 44.4 Å². The second-order valence-electron chi connectivity index (χ2n) is 4.13. The van der Waals surface area contributed by atoms with Crippen LogP contribution in [0.4, 0.5) is 5.69 Å². The normalized spacial score (nSPS) is 10.5. The molecular formula is C13H14BrN3O2. The predicted octanol–water partition coefficient (Wildman–Crippen LogP) is 2.78. The van der Waals surface area contributed by atoms with Crippen LogP contribution >= 0.6 is 15.9 Å². The Morgan fingerprint density at radius 3 is 2.79 bits per heavy atom. The number of H-pyrrole nitrogens is 1. The number of nitrogens with zero attached hydrogens (tertiary/aromatic N) is 1. The fraction of sp³-hybridized carbons (Fsp3) is 0.231. The van der Waals surface area contributed by atoms with Crippen molar-refractivity contribution in [1.29, 1.82) is 0 Å². The topological polar surface area (TPSA) is 81.0 Å². The van der Waals surface area contributed by atoms with E-state index in [-0.39, 0.29) is 11.4 Å². The van der Waals surface area contributed by atoms with Gasteiger partial charge in [-0.3, -0.25) is 4.79 Å². The van der Waals surface area contributed by atoms with Crippen molar-refractivity contribution in [3.8, 4) is 11.6 Å². The number of rotatable bonds is 3. The van der Waals surface area contributed by atoms with Crippen molar-refractivity contribution in [2.75, 3.05) is 5.73 Å². The summed E-state index contributed by atoms with van der Waals surface area (Å²) in [6.45, 7) is 3.78. The molecule has 1 aromatic carbocycles. The van der Waals surface area contributed by atoms with Gasteiger partial charge in [0.05, 0.1) is 11.8 Å². The first kappa shape index (κ1) is 13.6. The van der Waals surface area contributed by atoms with Gasteiger partial charge in [0.2, 0.25) is 5.88 Å². The first-order chi connectivity index (χ1) is 8.99. The number of ether oxygens (including phenoxy) is 1. The molecule has 5 nitrogen and oxygen atoms in total. The van der Waals surface area contributed by atoms with Crippen LogP contribution in [0.15, 0.2) is 27.5 Å². The Kier molecular flexibility index (Phi) is 3.90. The maximum Gasteiger partial charge on any atom is 0.254 e. The van der Waals surface area contributed by atoms with E-state index in [9.17, 15) is 4.79 Å². The van der Waals surface area contributed by atoms with Crippen LogP contribution in [0.2, 0.25) is 0 Å². The third kappa shape index (κ3) is 3.14. The third-order valence-electron chi connectivity index (χ3n) is 2.58. The van der Waals surface area contributed by atoms with E-state index in [1.54, 1.807) is 6.07 Å². The number of benzene rings is 1. The van der Waals surface area contributed by atoms with Gasteiger partial charge in [0.15, 0.2) is 5.75 Å². The highest BCUT2D eigenvalue weighted by Gasteiger charge is 2.09. The molecule has 0 aliphatic rings. The number of nitrogens with one attached hydrogen (secondary N) is 1. The van der Waals surface area contributed by atoms with E-state index in [4.69, 9.17) is 10.5 Å². The number of hydrogen-bond acceptors (Lipinski definition) is 4. The Bertz CT molecular complexity index is 644. The molecule has 2 rings (SSSR count). The average molecular weight is 324 g/mol. The van der Waals surface area contributed by atoms with Crippen molar-refractivity contribution in [2.24, 2.45) is 0 Å². The van der Waals surface area contributed by atoms with E-state index in [2.05, 4.69) is 25.9 Å². The zero-order chi connectivity index (χ0) is 14.0. The molecule has 0 atom stereocenters. The third-order valence-corrected chi connectivity index (χ3v) is 3.03. The first-order valence-electron chi connectivity index (χ1n) is 5.83. The second kappa shape index (κ2) is 5.44. The molecule has 3 N–H and O–H groups in total. The number of nitrogen functional groups attached to an aromatic ring is 1. The number of aryl methyl sites for hydroxylation is 2. The number of aromatic nitrogens is 2. The summed E-state index contributed by atoms with van der Waals surface area (Å²) >= 11 is 3.36. The molecule has 100 valence electrons. The minimum Gasteiger partial charge on any atom is -0.436 e. The van der Waals surface area contributed by atoms with E-state index in [0.29, 0.717) is 23.7 Å². The Morgan fingerprint density at radius 1 is 1.42 bits per heavy atom. The Balaban J connectivity index is 2.41. The molecule has 0 aliphatic heterocycles. The standard InChI is InChI=1S/C13H14BrN3O2/c1-3-10-16-11(18)6-12(17-10)19-13-7(2)4-8(14)5-9(13)15/h4-6H,3,15H2,1-2H3,(H,16,17,18). The van der Waals surface area contributed by atoms with Crippen molar-refractivity contribution in [2.45, 2.75) is 20.3 Å². The highest BCUT2D eigenvalue weighted by molar-refractivity contribution is 9.10. The maximum absolute atomic E-state index is 11.5. The molecule has 0 bridgehead atoms. The molecule has 0 spiro atoms. The van der Waals surface area contributed by atoms with Crippen LogP contribution in [-0.4, -0.2) is 9.97 Å². The fourth-order valence-electron chi connectivity index (χ4n) is 1.70. The second-order valence-corrected chi connectivity index (χ2v) is 5.04. The van der Waals surface area contributed by atoms with Gasteiger partial charge in [-0.2, -0.15) is 4.98 Å². The number of hydrogen-bond donors (Lipinski definition) is 2. The molecule has 0 fully saturated rings. The maximum atomic E-state index is 11.5. The van der Waals surface area contributed by atoms with Crippen LogP contribution in [0.1, 0.15) is 18.3 Å². The molecule has 1 aromatic heterocycles. The van der Waals surface area contributed by atoms with Crippen LogP contribution in [0.3, 0.4) is 0 Å². The van der Waals surface area contributed by atoms with Crippen LogP contribution < -0.4 is 16.0 Å². The van der Waals surface area contributed by atoms with Gasteiger partial charge in [-0.25, -0.2) is 0 Å². The Hall–Kier alpha value is -1.82. The molecule has 0 unspecified atom stereocenters. The lowest BCUT2D eigenvalue weighted by atomic mass is 10.2. The smallest absolute Gasteiger partial charge is 0.254 e. The van der Waals surface area contributed by atoms with Gasteiger partial charge in [0, 0.05) is 10.9 Å². The van der Waals surface area contributed by atoms with Crippen molar-refractivity contribution < 1.29 is 4.74 Å². The summed E-state index contributed by atoms with van der Waals surface area (Å²) < 4.78 is 6.52. The minimum absolute atomic E-state index is 0.241. The summed E-state index contributed by atoms with van der Waals surface area (Å²) in [6.07, 6.45) is 0.626. The quantitative estimate of drug-likeness (QED) is 0.851. The van der Waals surface area contributed by atoms with Gasteiger partial charge in [-0.15, -0.1) is 0 Å². The number of nitrogens with two attached hydrogens (primary N) is 1. The van der Waals surface area contributed by atoms with E-state index in [0.717, 1.165) is 10.0 Å². The van der Waals surface area contributed by atoms with Crippen molar-refractivity contribution in [1.82, 2.24) is 9.97 Å². The number of anilines is 1. The van der Waals surface area contributed by atoms with Gasteiger partial charge in [-0.1, -0.05) is 22.9 Å². The number of halogens is 1. The zero-order valence-corrected chi connectivity index (χ0v) is 12.2. The number of aromatic amines is 1. The monoisotopic (exact) mass is 323 g/mol. The highest BCUT2D eigenvalue weighted by atomic mass is 79.9. The largest absolute Gasteiger partial charge is 0.436 e. The van der Waals surface area contributed by atoms with Gasteiger partial charge >= 0.3 is 0 Å². The van der Waals surface area contributed by atoms with E-state index in [1.165, 1.54) is 6.07 Å². The first-order valence-corrected chi connectivity index (χ1v) is 6.62. The van der Waals surface area contributed by atoms with Gasteiger partial charge < -0.3 is 15.5 Å². The molecule has 0 radical (unpaired) electrons. The lowest BCUT2D eigenvalue weighted by Crippen LogP contribution is -2.10. The van der Waals surface area contributed by atoms with Crippen LogP contribution in [-0.2, 0) is 6.42 Å². The molecule has 0 aliphatic carbocycles. The summed E-state index contributed by atoms with van der Waals surface area (Å²) in [5.41, 5.74) is 7.03. The zero-order valence-electron chi connectivity index (χ0n) is 10.7. The molecule has 0 saturated heterocycles. The summed E-state index contributed by atoms with van der Waals surface area (Å²) in [7, 11) is 0. The van der Waals surface area contributed by atoms with Gasteiger partial charge in [0.1, 0.15) is 5.82 Å². The van der Waals surface area contributed by atoms with Crippen LogP contribution in [0.25, 0.3) is 0 Å². The van der Waals surface area contributed by atoms with E-state index in [1.807, 2.05) is 19.9 Å². The molecule has 0 amide bonds. The average Bonchev–Trinajstić information content (AvgIpc) is 2.33. The lowest BCUT2D eigenvalue weighted by molar-refractivity contribution is 0.456. The summed E-state index contributed by atoms with van der Waals surface area (Å²) in [4.78, 5) is 18.3. The molecule has 1 heterocycles.